The Hall–Kier alpha value is -2.50. The number of amides is 2. The highest BCUT2D eigenvalue weighted by Crippen LogP contribution is 2.27. The van der Waals surface area contributed by atoms with Gasteiger partial charge in [-0.25, -0.2) is 9.48 Å². The van der Waals surface area contributed by atoms with E-state index >= 15 is 0 Å². The van der Waals surface area contributed by atoms with E-state index in [1.807, 2.05) is 44.2 Å². The van der Waals surface area contributed by atoms with E-state index in [1.54, 1.807) is 4.68 Å². The first-order chi connectivity index (χ1) is 9.13. The van der Waals surface area contributed by atoms with Crippen LogP contribution in [0.2, 0.25) is 0 Å². The minimum Gasteiger partial charge on any atom is -0.477 e. The summed E-state index contributed by atoms with van der Waals surface area (Å²) < 4.78 is 7.04. The number of benzene rings is 1. The molecule has 0 unspecified atom stereocenters. The maximum Gasteiger partial charge on any atom is 0.317 e. The van der Waals surface area contributed by atoms with Crippen molar-refractivity contribution < 1.29 is 9.53 Å². The summed E-state index contributed by atoms with van der Waals surface area (Å²) >= 11 is 0. The number of carbonyl (C=O) groups excluding carboxylic acids is 1. The van der Waals surface area contributed by atoms with Crippen LogP contribution in [0, 0.1) is 6.92 Å². The SMILES string of the molecule is CCOc1nn(-c2ccccc2)c(NC(N)=O)c1C. The second-order valence-corrected chi connectivity index (χ2v) is 3.95. The van der Waals surface area contributed by atoms with Gasteiger partial charge < -0.3 is 10.5 Å². The third-order valence-corrected chi connectivity index (χ3v) is 2.60. The van der Waals surface area contributed by atoms with Crippen LogP contribution in [0.5, 0.6) is 5.88 Å². The first kappa shape index (κ1) is 12.9. The number of hydrogen-bond donors (Lipinski definition) is 2. The van der Waals surface area contributed by atoms with E-state index < -0.39 is 6.03 Å². The van der Waals surface area contributed by atoms with E-state index in [0.29, 0.717) is 18.3 Å². The first-order valence-electron chi connectivity index (χ1n) is 5.97. The summed E-state index contributed by atoms with van der Waals surface area (Å²) in [4.78, 5) is 11.1. The van der Waals surface area contributed by atoms with Crippen molar-refractivity contribution in [2.24, 2.45) is 5.73 Å². The van der Waals surface area contributed by atoms with E-state index in [-0.39, 0.29) is 0 Å². The van der Waals surface area contributed by atoms with Gasteiger partial charge >= 0.3 is 6.03 Å². The van der Waals surface area contributed by atoms with E-state index in [2.05, 4.69) is 10.4 Å². The summed E-state index contributed by atoms with van der Waals surface area (Å²) in [7, 11) is 0. The number of carbonyl (C=O) groups is 1. The number of para-hydroxylation sites is 1. The number of primary amides is 1. The Kier molecular flexibility index (Phi) is 3.70. The minimum atomic E-state index is -0.636. The summed E-state index contributed by atoms with van der Waals surface area (Å²) in [5.74, 6) is 0.997. The summed E-state index contributed by atoms with van der Waals surface area (Å²) in [6.07, 6.45) is 0. The van der Waals surface area contributed by atoms with Gasteiger partial charge in [0.05, 0.1) is 17.9 Å². The minimum absolute atomic E-state index is 0.482. The molecule has 0 saturated heterocycles. The Bertz CT molecular complexity index is 578. The second kappa shape index (κ2) is 5.43. The molecule has 0 radical (unpaired) electrons. The molecule has 0 aliphatic carbocycles. The number of nitrogens with zero attached hydrogens (tertiary/aromatic N) is 2. The number of rotatable bonds is 4. The maximum atomic E-state index is 11.1. The number of hydrogen-bond acceptors (Lipinski definition) is 3. The molecule has 0 spiro atoms. The Morgan fingerprint density at radius 3 is 2.68 bits per heavy atom. The fourth-order valence-electron chi connectivity index (χ4n) is 1.77. The molecule has 2 rings (SSSR count). The van der Waals surface area contributed by atoms with Gasteiger partial charge in [0.2, 0.25) is 5.88 Å². The molecule has 100 valence electrons. The quantitative estimate of drug-likeness (QED) is 0.882. The van der Waals surface area contributed by atoms with Gasteiger partial charge in [-0.15, -0.1) is 5.10 Å². The lowest BCUT2D eigenvalue weighted by molar-refractivity contribution is 0.259. The van der Waals surface area contributed by atoms with Crippen LogP contribution in [-0.2, 0) is 0 Å². The molecule has 0 atom stereocenters. The molecule has 1 aromatic carbocycles. The molecule has 0 fully saturated rings. The van der Waals surface area contributed by atoms with Crippen LogP contribution < -0.4 is 15.8 Å². The highest BCUT2D eigenvalue weighted by atomic mass is 16.5. The molecule has 0 aliphatic rings. The Morgan fingerprint density at radius 1 is 1.42 bits per heavy atom. The molecule has 0 saturated carbocycles. The van der Waals surface area contributed by atoms with Crippen LogP contribution in [0.4, 0.5) is 10.6 Å². The zero-order chi connectivity index (χ0) is 13.8. The van der Waals surface area contributed by atoms with Crippen LogP contribution >= 0.6 is 0 Å². The molecule has 1 heterocycles. The fraction of sp³-hybridized carbons (Fsp3) is 0.231. The van der Waals surface area contributed by atoms with Crippen LogP contribution in [0.15, 0.2) is 30.3 Å². The lowest BCUT2D eigenvalue weighted by Crippen LogP contribution is -2.21. The molecule has 6 nitrogen and oxygen atoms in total. The van der Waals surface area contributed by atoms with Gasteiger partial charge in [-0.05, 0) is 26.0 Å². The third kappa shape index (κ3) is 2.67. The summed E-state index contributed by atoms with van der Waals surface area (Å²) in [5.41, 5.74) is 6.75. The average molecular weight is 260 g/mol. The Morgan fingerprint density at radius 2 is 2.11 bits per heavy atom. The summed E-state index contributed by atoms with van der Waals surface area (Å²) in [5, 5.41) is 6.93. The van der Waals surface area contributed by atoms with Gasteiger partial charge in [0.1, 0.15) is 5.82 Å². The molecule has 0 aliphatic heterocycles. The van der Waals surface area contributed by atoms with Crippen LogP contribution in [-0.4, -0.2) is 22.4 Å². The van der Waals surface area contributed by atoms with Crippen molar-refractivity contribution >= 4 is 11.8 Å². The fourth-order valence-corrected chi connectivity index (χ4v) is 1.77. The maximum absolute atomic E-state index is 11.1. The van der Waals surface area contributed by atoms with Crippen molar-refractivity contribution in [2.75, 3.05) is 11.9 Å². The molecular formula is C13H16N4O2. The third-order valence-electron chi connectivity index (χ3n) is 2.60. The number of aromatic nitrogens is 2. The summed E-state index contributed by atoms with van der Waals surface area (Å²) in [6, 6.07) is 8.82. The number of nitrogens with two attached hydrogens (primary N) is 1. The smallest absolute Gasteiger partial charge is 0.317 e. The van der Waals surface area contributed by atoms with Gasteiger partial charge in [-0.2, -0.15) is 0 Å². The van der Waals surface area contributed by atoms with Crippen molar-refractivity contribution in [2.45, 2.75) is 13.8 Å². The largest absolute Gasteiger partial charge is 0.477 e. The number of nitrogens with one attached hydrogen (secondary N) is 1. The molecule has 0 bridgehead atoms. The lowest BCUT2D eigenvalue weighted by atomic mass is 10.3. The number of urea groups is 1. The molecule has 2 aromatic rings. The zero-order valence-corrected chi connectivity index (χ0v) is 10.9. The molecule has 6 heteroatoms. The number of anilines is 1. The molecule has 19 heavy (non-hydrogen) atoms. The summed E-state index contributed by atoms with van der Waals surface area (Å²) in [6.45, 7) is 4.20. The molecular weight excluding hydrogens is 244 g/mol. The molecule has 1 aromatic heterocycles. The van der Waals surface area contributed by atoms with Gasteiger partial charge in [0.25, 0.3) is 0 Å². The van der Waals surface area contributed by atoms with E-state index in [0.717, 1.165) is 11.3 Å². The van der Waals surface area contributed by atoms with Crippen LogP contribution in [0.25, 0.3) is 5.69 Å². The normalized spacial score (nSPS) is 10.2. The highest BCUT2D eigenvalue weighted by molar-refractivity contribution is 5.88. The zero-order valence-electron chi connectivity index (χ0n) is 10.9. The van der Waals surface area contributed by atoms with Crippen LogP contribution in [0.1, 0.15) is 12.5 Å². The van der Waals surface area contributed by atoms with E-state index in [9.17, 15) is 4.79 Å². The van der Waals surface area contributed by atoms with E-state index in [1.165, 1.54) is 0 Å². The lowest BCUT2D eigenvalue weighted by Gasteiger charge is -2.07. The molecule has 3 N–H and O–H groups in total. The predicted octanol–water partition coefficient (Wildman–Crippen LogP) is 2.07. The Labute approximate surface area is 111 Å². The molecule has 2 amide bonds. The van der Waals surface area contributed by atoms with Crippen molar-refractivity contribution in [3.63, 3.8) is 0 Å². The van der Waals surface area contributed by atoms with Crippen molar-refractivity contribution in [3.8, 4) is 11.6 Å². The predicted molar refractivity (Wildman–Crippen MR) is 72.7 cm³/mol. The number of ether oxygens (including phenoxy) is 1. The van der Waals surface area contributed by atoms with Gasteiger partial charge in [-0.3, -0.25) is 5.32 Å². The van der Waals surface area contributed by atoms with Gasteiger partial charge in [-0.1, -0.05) is 18.2 Å². The Balaban J connectivity index is 2.52. The standard InChI is InChI=1S/C13H16N4O2/c1-3-19-12-9(2)11(15-13(14)18)17(16-12)10-7-5-4-6-8-10/h4-8H,3H2,1-2H3,(H3,14,15,18). The van der Waals surface area contributed by atoms with Gasteiger partial charge in [0, 0.05) is 0 Å². The van der Waals surface area contributed by atoms with E-state index in [4.69, 9.17) is 10.5 Å². The van der Waals surface area contributed by atoms with Crippen molar-refractivity contribution in [1.82, 2.24) is 9.78 Å². The van der Waals surface area contributed by atoms with Crippen molar-refractivity contribution in [3.05, 3.63) is 35.9 Å². The monoisotopic (exact) mass is 260 g/mol. The first-order valence-corrected chi connectivity index (χ1v) is 5.97. The highest BCUT2D eigenvalue weighted by Gasteiger charge is 2.17. The topological polar surface area (TPSA) is 82.2 Å². The van der Waals surface area contributed by atoms with Gasteiger partial charge in [0.15, 0.2) is 0 Å². The van der Waals surface area contributed by atoms with Crippen LogP contribution in [0.3, 0.4) is 0 Å². The second-order valence-electron chi connectivity index (χ2n) is 3.95. The van der Waals surface area contributed by atoms with Crippen molar-refractivity contribution in [1.29, 1.82) is 0 Å². The average Bonchev–Trinajstić information content (AvgIpc) is 2.69.